The van der Waals surface area contributed by atoms with E-state index in [0.717, 1.165) is 6.07 Å². The molecule has 0 aliphatic carbocycles. The van der Waals surface area contributed by atoms with Crippen LogP contribution in [0.15, 0.2) is 18.2 Å². The third-order valence-corrected chi connectivity index (χ3v) is 4.07. The summed E-state index contributed by atoms with van der Waals surface area (Å²) in [6.07, 6.45) is 2.35. The summed E-state index contributed by atoms with van der Waals surface area (Å²) in [5, 5.41) is 9.62. The first kappa shape index (κ1) is 15.3. The maximum atomic E-state index is 14.3. The second kappa shape index (κ2) is 5.71. The molecule has 0 radical (unpaired) electrons. The van der Waals surface area contributed by atoms with E-state index in [1.165, 1.54) is 12.1 Å². The number of halogens is 1. The highest BCUT2D eigenvalue weighted by Crippen LogP contribution is 2.39. The average Bonchev–Trinajstić information content (AvgIpc) is 2.84. The van der Waals surface area contributed by atoms with Gasteiger partial charge in [-0.25, -0.2) is 9.18 Å². The third-order valence-electron chi connectivity index (χ3n) is 4.07. The fourth-order valence-electron chi connectivity index (χ4n) is 3.11. The maximum Gasteiger partial charge on any atom is 0.329 e. The smallest absolute Gasteiger partial charge is 0.329 e. The number of hydrogen-bond acceptors (Lipinski definition) is 3. The van der Waals surface area contributed by atoms with Crippen molar-refractivity contribution in [3.8, 4) is 0 Å². The number of carboxylic acids is 1. The predicted octanol–water partition coefficient (Wildman–Crippen LogP) is 2.15. The van der Waals surface area contributed by atoms with Gasteiger partial charge in [0, 0.05) is 12.1 Å². The Hall–Kier alpha value is -2.11. The van der Waals surface area contributed by atoms with Crippen molar-refractivity contribution in [1.82, 2.24) is 0 Å². The molecule has 0 aromatic heterocycles. The zero-order valence-electron chi connectivity index (χ0n) is 11.9. The number of benzene rings is 1. The molecule has 114 valence electrons. The lowest BCUT2D eigenvalue weighted by atomic mass is 9.90. The molecule has 0 saturated carbocycles. The van der Waals surface area contributed by atoms with Gasteiger partial charge in [0.05, 0.1) is 5.69 Å². The fraction of sp³-hybridized carbons (Fsp3) is 0.467. The molecule has 1 heterocycles. The maximum absolute atomic E-state index is 14.3. The van der Waals surface area contributed by atoms with Crippen LogP contribution in [0.4, 0.5) is 10.1 Å². The fourth-order valence-corrected chi connectivity index (χ4v) is 3.11. The number of carbonyl (C=O) groups excluding carboxylic acids is 1. The van der Waals surface area contributed by atoms with Crippen LogP contribution in [-0.2, 0) is 4.79 Å². The van der Waals surface area contributed by atoms with Gasteiger partial charge in [-0.1, -0.05) is 13.3 Å². The van der Waals surface area contributed by atoms with Gasteiger partial charge in [-0.15, -0.1) is 0 Å². The number of anilines is 1. The lowest BCUT2D eigenvalue weighted by molar-refractivity contribution is -0.143. The van der Waals surface area contributed by atoms with Crippen LogP contribution in [0, 0.1) is 5.82 Å². The van der Waals surface area contributed by atoms with Crippen molar-refractivity contribution < 1.29 is 19.1 Å². The van der Waals surface area contributed by atoms with Crippen molar-refractivity contribution in [1.29, 1.82) is 0 Å². The summed E-state index contributed by atoms with van der Waals surface area (Å²) >= 11 is 0. The number of aliphatic carboxylic acids is 1. The van der Waals surface area contributed by atoms with Crippen molar-refractivity contribution in [3.63, 3.8) is 0 Å². The standard InChI is InChI=1S/C15H19FN2O3/c1-2-6-15(14(20)21)7-3-8-18(15)12-5-4-10(13(17)19)9-11(12)16/h4-5,9H,2-3,6-8H2,1H3,(H2,17,19)(H,20,21). The van der Waals surface area contributed by atoms with Crippen molar-refractivity contribution in [2.45, 2.75) is 38.1 Å². The van der Waals surface area contributed by atoms with Crippen LogP contribution in [0.5, 0.6) is 0 Å². The Morgan fingerprint density at radius 1 is 1.48 bits per heavy atom. The predicted molar refractivity (Wildman–Crippen MR) is 76.8 cm³/mol. The quantitative estimate of drug-likeness (QED) is 0.871. The Balaban J connectivity index is 2.44. The lowest BCUT2D eigenvalue weighted by Gasteiger charge is -2.36. The first-order chi connectivity index (χ1) is 9.92. The van der Waals surface area contributed by atoms with Crippen LogP contribution in [0.3, 0.4) is 0 Å². The van der Waals surface area contributed by atoms with Crippen LogP contribution in [-0.4, -0.2) is 29.1 Å². The summed E-state index contributed by atoms with van der Waals surface area (Å²) in [5.74, 6) is -2.25. The Morgan fingerprint density at radius 2 is 2.19 bits per heavy atom. The number of nitrogens with two attached hydrogens (primary N) is 1. The summed E-state index contributed by atoms with van der Waals surface area (Å²) in [5.41, 5.74) is 4.35. The number of carboxylic acid groups (broad SMARTS) is 1. The van der Waals surface area contributed by atoms with E-state index in [-0.39, 0.29) is 11.3 Å². The van der Waals surface area contributed by atoms with Gasteiger partial charge in [-0.3, -0.25) is 4.79 Å². The summed E-state index contributed by atoms with van der Waals surface area (Å²) in [4.78, 5) is 24.4. The van der Waals surface area contributed by atoms with Crippen LogP contribution in [0.1, 0.15) is 43.0 Å². The van der Waals surface area contributed by atoms with E-state index in [1.54, 1.807) is 4.90 Å². The summed E-state index contributed by atoms with van der Waals surface area (Å²) in [7, 11) is 0. The van der Waals surface area contributed by atoms with Crippen molar-refractivity contribution in [2.75, 3.05) is 11.4 Å². The minimum absolute atomic E-state index is 0.0758. The molecule has 1 fully saturated rings. The first-order valence-electron chi connectivity index (χ1n) is 7.03. The van der Waals surface area contributed by atoms with Gasteiger partial charge in [0.2, 0.25) is 5.91 Å². The number of primary amides is 1. The highest BCUT2D eigenvalue weighted by Gasteiger charge is 2.47. The topological polar surface area (TPSA) is 83.6 Å². The number of amides is 1. The molecule has 1 aromatic carbocycles. The molecular weight excluding hydrogens is 275 g/mol. The van der Waals surface area contributed by atoms with Gasteiger partial charge in [-0.05, 0) is 37.5 Å². The van der Waals surface area contributed by atoms with Crippen LogP contribution in [0.25, 0.3) is 0 Å². The van der Waals surface area contributed by atoms with Crippen molar-refractivity contribution >= 4 is 17.6 Å². The number of hydrogen-bond donors (Lipinski definition) is 2. The molecule has 1 saturated heterocycles. The van der Waals surface area contributed by atoms with E-state index in [1.807, 2.05) is 6.92 Å². The lowest BCUT2D eigenvalue weighted by Crippen LogP contribution is -2.51. The van der Waals surface area contributed by atoms with Gasteiger partial charge in [-0.2, -0.15) is 0 Å². The van der Waals surface area contributed by atoms with E-state index < -0.39 is 23.2 Å². The molecule has 5 nitrogen and oxygen atoms in total. The van der Waals surface area contributed by atoms with Gasteiger partial charge in [0.25, 0.3) is 0 Å². The second-order valence-electron chi connectivity index (χ2n) is 5.37. The molecule has 1 amide bonds. The Bertz CT molecular complexity index is 576. The normalized spacial score (nSPS) is 21.5. The van der Waals surface area contributed by atoms with E-state index in [2.05, 4.69) is 0 Å². The van der Waals surface area contributed by atoms with Crippen molar-refractivity contribution in [2.24, 2.45) is 5.73 Å². The molecule has 21 heavy (non-hydrogen) atoms. The van der Waals surface area contributed by atoms with Crippen LogP contribution < -0.4 is 10.6 Å². The van der Waals surface area contributed by atoms with E-state index in [0.29, 0.717) is 32.2 Å². The number of rotatable bonds is 5. The monoisotopic (exact) mass is 294 g/mol. The Morgan fingerprint density at radius 3 is 2.71 bits per heavy atom. The highest BCUT2D eigenvalue weighted by atomic mass is 19.1. The Labute approximate surface area is 122 Å². The SMILES string of the molecule is CCCC1(C(=O)O)CCCN1c1ccc(C(N)=O)cc1F. The molecule has 0 spiro atoms. The Kier molecular flexibility index (Phi) is 4.16. The van der Waals surface area contributed by atoms with E-state index in [4.69, 9.17) is 5.73 Å². The van der Waals surface area contributed by atoms with E-state index in [9.17, 15) is 19.1 Å². The minimum Gasteiger partial charge on any atom is -0.479 e. The van der Waals surface area contributed by atoms with Crippen molar-refractivity contribution in [3.05, 3.63) is 29.6 Å². The van der Waals surface area contributed by atoms with Crippen LogP contribution in [0.2, 0.25) is 0 Å². The zero-order valence-corrected chi connectivity index (χ0v) is 11.9. The largest absolute Gasteiger partial charge is 0.479 e. The second-order valence-corrected chi connectivity index (χ2v) is 5.37. The summed E-state index contributed by atoms with van der Waals surface area (Å²) in [6, 6.07) is 3.93. The molecule has 3 N–H and O–H groups in total. The van der Waals surface area contributed by atoms with Crippen LogP contribution >= 0.6 is 0 Å². The zero-order chi connectivity index (χ0) is 15.6. The summed E-state index contributed by atoms with van der Waals surface area (Å²) in [6.45, 7) is 2.40. The molecule has 2 rings (SSSR count). The van der Waals surface area contributed by atoms with Gasteiger partial charge < -0.3 is 15.7 Å². The molecule has 1 aromatic rings. The molecule has 1 aliphatic rings. The summed E-state index contributed by atoms with van der Waals surface area (Å²) < 4.78 is 14.3. The molecule has 0 bridgehead atoms. The highest BCUT2D eigenvalue weighted by molar-refractivity contribution is 5.93. The minimum atomic E-state index is -1.07. The number of carbonyl (C=O) groups is 2. The molecule has 6 heteroatoms. The molecule has 1 aliphatic heterocycles. The van der Waals surface area contributed by atoms with Gasteiger partial charge in [0.15, 0.2) is 0 Å². The average molecular weight is 294 g/mol. The third kappa shape index (κ3) is 2.57. The van der Waals surface area contributed by atoms with E-state index >= 15 is 0 Å². The number of nitrogens with zero attached hydrogens (tertiary/aromatic N) is 1. The van der Waals surface area contributed by atoms with Gasteiger partial charge >= 0.3 is 5.97 Å². The molecule has 1 atom stereocenters. The molecule has 1 unspecified atom stereocenters. The van der Waals surface area contributed by atoms with Gasteiger partial charge in [0.1, 0.15) is 11.4 Å². The first-order valence-corrected chi connectivity index (χ1v) is 7.03. The molecular formula is C15H19FN2O3.